The van der Waals surface area contributed by atoms with Gasteiger partial charge in [-0.3, -0.25) is 0 Å². The largest absolute Gasteiger partial charge is 0.306 e. The van der Waals surface area contributed by atoms with Crippen molar-refractivity contribution in [2.24, 2.45) is 0 Å². The van der Waals surface area contributed by atoms with Crippen LogP contribution in [0, 0.1) is 0 Å². The van der Waals surface area contributed by atoms with Gasteiger partial charge in [0.1, 0.15) is 0 Å². The minimum Gasteiger partial charge on any atom is -0.306 e. The highest BCUT2D eigenvalue weighted by Crippen LogP contribution is 2.17. The lowest BCUT2D eigenvalue weighted by atomic mass is 9.99. The van der Waals surface area contributed by atoms with Gasteiger partial charge in [-0.05, 0) is 33.4 Å². The molecular formula is C20H42ClN. The van der Waals surface area contributed by atoms with Gasteiger partial charge in [0.2, 0.25) is 0 Å². The normalized spacial score (nSPS) is 13.0. The Hall–Kier alpha value is 0.250. The van der Waals surface area contributed by atoms with Crippen molar-refractivity contribution < 1.29 is 0 Å². The number of unbranched alkanes of at least 4 members (excludes halogenated alkanes) is 11. The van der Waals surface area contributed by atoms with E-state index in [1.165, 1.54) is 96.3 Å². The minimum absolute atomic E-state index is 0.792. The summed E-state index contributed by atoms with van der Waals surface area (Å²) in [6.45, 7) is 2.29. The molecule has 0 fully saturated rings. The van der Waals surface area contributed by atoms with Crippen LogP contribution in [-0.2, 0) is 0 Å². The molecule has 0 amide bonds. The highest BCUT2D eigenvalue weighted by atomic mass is 35.5. The molecule has 2 heteroatoms. The zero-order valence-electron chi connectivity index (χ0n) is 15.7. The van der Waals surface area contributed by atoms with Gasteiger partial charge in [0.15, 0.2) is 0 Å². The molecular weight excluding hydrogens is 290 g/mol. The van der Waals surface area contributed by atoms with Crippen LogP contribution >= 0.6 is 11.6 Å². The average Bonchev–Trinajstić information content (AvgIpc) is 2.50. The molecule has 0 saturated heterocycles. The second-order valence-electron chi connectivity index (χ2n) is 7.13. The third-order valence-electron chi connectivity index (χ3n) is 4.79. The molecule has 0 aromatic heterocycles. The maximum absolute atomic E-state index is 5.73. The second kappa shape index (κ2) is 17.6. The first kappa shape index (κ1) is 22.2. The van der Waals surface area contributed by atoms with E-state index in [4.69, 9.17) is 11.6 Å². The second-order valence-corrected chi connectivity index (χ2v) is 7.50. The third-order valence-corrected chi connectivity index (χ3v) is 5.06. The molecule has 22 heavy (non-hydrogen) atoms. The van der Waals surface area contributed by atoms with Crippen molar-refractivity contribution in [2.75, 3.05) is 20.0 Å². The maximum Gasteiger partial charge on any atom is 0.0223 e. The van der Waals surface area contributed by atoms with Crippen molar-refractivity contribution >= 4 is 11.6 Å². The molecule has 0 heterocycles. The van der Waals surface area contributed by atoms with Crippen molar-refractivity contribution in [2.45, 2.75) is 109 Å². The van der Waals surface area contributed by atoms with Crippen molar-refractivity contribution in [1.29, 1.82) is 0 Å². The predicted octanol–water partition coefficient (Wildman–Crippen LogP) is 7.03. The summed E-state index contributed by atoms with van der Waals surface area (Å²) in [5.74, 6) is 0.829. The Morgan fingerprint density at radius 3 is 1.45 bits per heavy atom. The quantitative estimate of drug-likeness (QED) is 0.204. The first-order chi connectivity index (χ1) is 10.7. The molecule has 0 aliphatic heterocycles. The first-order valence-corrected chi connectivity index (χ1v) is 10.5. The first-order valence-electron chi connectivity index (χ1n) is 9.94. The van der Waals surface area contributed by atoms with Gasteiger partial charge >= 0.3 is 0 Å². The Bertz CT molecular complexity index is 206. The Balaban J connectivity index is 3.45. The van der Waals surface area contributed by atoms with Crippen LogP contribution < -0.4 is 0 Å². The van der Waals surface area contributed by atoms with Gasteiger partial charge in [-0.15, -0.1) is 11.6 Å². The number of nitrogens with zero attached hydrogens (tertiary/aromatic N) is 1. The molecule has 0 radical (unpaired) electrons. The maximum atomic E-state index is 5.73. The molecule has 0 aromatic rings. The summed E-state index contributed by atoms with van der Waals surface area (Å²) in [5.41, 5.74) is 0. The molecule has 1 nitrogen and oxygen atoms in total. The fourth-order valence-electron chi connectivity index (χ4n) is 3.18. The predicted molar refractivity (Wildman–Crippen MR) is 103 cm³/mol. The molecule has 1 atom stereocenters. The Labute approximate surface area is 146 Å². The molecule has 134 valence electrons. The van der Waals surface area contributed by atoms with Crippen molar-refractivity contribution in [3.05, 3.63) is 0 Å². The summed E-state index contributed by atoms with van der Waals surface area (Å²) in [7, 11) is 4.49. The van der Waals surface area contributed by atoms with E-state index in [0.717, 1.165) is 11.9 Å². The van der Waals surface area contributed by atoms with Crippen LogP contribution in [0.25, 0.3) is 0 Å². The fourth-order valence-corrected chi connectivity index (χ4v) is 3.37. The van der Waals surface area contributed by atoms with Crippen LogP contribution in [0.2, 0.25) is 0 Å². The molecule has 0 N–H and O–H groups in total. The van der Waals surface area contributed by atoms with E-state index in [1.54, 1.807) is 0 Å². The van der Waals surface area contributed by atoms with Gasteiger partial charge in [0, 0.05) is 11.9 Å². The summed E-state index contributed by atoms with van der Waals surface area (Å²) in [6.07, 6.45) is 20.9. The number of alkyl halides is 1. The van der Waals surface area contributed by atoms with Gasteiger partial charge < -0.3 is 4.90 Å². The molecule has 0 aliphatic carbocycles. The number of hydrogen-bond donors (Lipinski definition) is 0. The van der Waals surface area contributed by atoms with Crippen molar-refractivity contribution in [1.82, 2.24) is 4.90 Å². The average molecular weight is 332 g/mol. The summed E-state index contributed by atoms with van der Waals surface area (Å²) < 4.78 is 0. The van der Waals surface area contributed by atoms with E-state index in [2.05, 4.69) is 25.9 Å². The Morgan fingerprint density at radius 1 is 0.636 bits per heavy atom. The standard InChI is InChI=1S/C20H42ClN/c1-4-5-6-7-8-9-10-11-14-17-20(22(2)3)18-15-12-13-16-19-21/h20H,4-19H2,1-3H3. The van der Waals surface area contributed by atoms with Gasteiger partial charge in [-0.25, -0.2) is 0 Å². The number of rotatable bonds is 17. The minimum atomic E-state index is 0.792. The molecule has 0 spiro atoms. The van der Waals surface area contributed by atoms with E-state index >= 15 is 0 Å². The van der Waals surface area contributed by atoms with Crippen LogP contribution in [0.1, 0.15) is 103 Å². The molecule has 0 rings (SSSR count). The van der Waals surface area contributed by atoms with Crippen LogP contribution in [0.15, 0.2) is 0 Å². The van der Waals surface area contributed by atoms with Gasteiger partial charge in [0.25, 0.3) is 0 Å². The third kappa shape index (κ3) is 15.2. The number of hydrogen-bond acceptors (Lipinski definition) is 1. The zero-order chi connectivity index (χ0) is 16.5. The summed E-state index contributed by atoms with van der Waals surface area (Å²) in [5, 5.41) is 0. The van der Waals surface area contributed by atoms with E-state index in [9.17, 15) is 0 Å². The van der Waals surface area contributed by atoms with Gasteiger partial charge in [-0.2, -0.15) is 0 Å². The van der Waals surface area contributed by atoms with E-state index < -0.39 is 0 Å². The highest BCUT2D eigenvalue weighted by molar-refractivity contribution is 6.17. The van der Waals surface area contributed by atoms with E-state index in [1.807, 2.05) is 0 Å². The Morgan fingerprint density at radius 2 is 1.05 bits per heavy atom. The highest BCUT2D eigenvalue weighted by Gasteiger charge is 2.10. The van der Waals surface area contributed by atoms with Crippen LogP contribution in [0.4, 0.5) is 0 Å². The van der Waals surface area contributed by atoms with Crippen molar-refractivity contribution in [3.63, 3.8) is 0 Å². The SMILES string of the molecule is CCCCCCCCCCCC(CCCCCCCl)N(C)C. The summed E-state index contributed by atoms with van der Waals surface area (Å²) in [4.78, 5) is 2.44. The molecule has 0 bridgehead atoms. The molecule has 0 aromatic carbocycles. The lowest BCUT2D eigenvalue weighted by Gasteiger charge is -2.24. The summed E-state index contributed by atoms with van der Waals surface area (Å²) >= 11 is 5.73. The van der Waals surface area contributed by atoms with E-state index in [-0.39, 0.29) is 0 Å². The lowest BCUT2D eigenvalue weighted by molar-refractivity contribution is 0.251. The van der Waals surface area contributed by atoms with Gasteiger partial charge in [-0.1, -0.05) is 84.0 Å². The van der Waals surface area contributed by atoms with Crippen LogP contribution in [-0.4, -0.2) is 30.9 Å². The van der Waals surface area contributed by atoms with Crippen LogP contribution in [0.5, 0.6) is 0 Å². The van der Waals surface area contributed by atoms with E-state index in [0.29, 0.717) is 0 Å². The fraction of sp³-hybridized carbons (Fsp3) is 1.00. The van der Waals surface area contributed by atoms with Crippen LogP contribution in [0.3, 0.4) is 0 Å². The zero-order valence-corrected chi connectivity index (χ0v) is 16.5. The van der Waals surface area contributed by atoms with Gasteiger partial charge in [0.05, 0.1) is 0 Å². The number of halogens is 1. The lowest BCUT2D eigenvalue weighted by Crippen LogP contribution is -2.27. The van der Waals surface area contributed by atoms with Crippen molar-refractivity contribution in [3.8, 4) is 0 Å². The topological polar surface area (TPSA) is 3.24 Å². The molecule has 1 unspecified atom stereocenters. The Kier molecular flexibility index (Phi) is 17.8. The monoisotopic (exact) mass is 331 g/mol. The summed E-state index contributed by atoms with van der Waals surface area (Å²) in [6, 6.07) is 0.792. The molecule has 0 aliphatic rings. The molecule has 0 saturated carbocycles. The smallest absolute Gasteiger partial charge is 0.0223 e.